The van der Waals surface area contributed by atoms with Crippen LogP contribution in [0.1, 0.15) is 28.8 Å². The van der Waals surface area contributed by atoms with Crippen LogP contribution in [0.25, 0.3) is 16.9 Å². The molecular formula is C31H34ClFN8O3. The standard InChI is InChI=1S/C31H34ClFN8O3/c1-19-16-21(2-3-22(19)31(43)40-14-12-39(13-15-40)30(42)20-6-8-35-9-7-20)38-28-29-37-17-24(41(29)11-10-36-28)23-4-5-25(44-18-34)27(33)26(23)32/h2-5,10-11,16-17,20,35H,6-9,12-15,18,34H2,1H3,(H,36,38). The van der Waals surface area contributed by atoms with E-state index in [2.05, 4.69) is 20.6 Å². The minimum atomic E-state index is -0.699. The maximum absolute atomic E-state index is 14.8. The number of anilines is 2. The zero-order valence-electron chi connectivity index (χ0n) is 24.4. The lowest BCUT2D eigenvalue weighted by Gasteiger charge is -2.37. The number of carbonyl (C=O) groups is 2. The number of piperidine rings is 1. The normalized spacial score (nSPS) is 15.9. The van der Waals surface area contributed by atoms with E-state index in [9.17, 15) is 14.0 Å². The highest BCUT2D eigenvalue weighted by atomic mass is 35.5. The zero-order chi connectivity index (χ0) is 30.8. The molecule has 0 spiro atoms. The molecule has 0 radical (unpaired) electrons. The third kappa shape index (κ3) is 5.80. The Labute approximate surface area is 259 Å². The Balaban J connectivity index is 1.15. The van der Waals surface area contributed by atoms with Crippen LogP contribution in [0.3, 0.4) is 0 Å². The van der Waals surface area contributed by atoms with Gasteiger partial charge in [-0.25, -0.2) is 14.4 Å². The van der Waals surface area contributed by atoms with Gasteiger partial charge in [0.05, 0.1) is 16.9 Å². The maximum Gasteiger partial charge on any atom is 0.254 e. The first-order chi connectivity index (χ1) is 21.4. The summed E-state index contributed by atoms with van der Waals surface area (Å²) in [7, 11) is 0. The minimum Gasteiger partial charge on any atom is -0.475 e. The summed E-state index contributed by atoms with van der Waals surface area (Å²) in [6, 6.07) is 8.65. The van der Waals surface area contributed by atoms with Crippen molar-refractivity contribution in [2.24, 2.45) is 11.7 Å². The van der Waals surface area contributed by atoms with E-state index in [1.807, 2.05) is 28.9 Å². The minimum absolute atomic E-state index is 0.0265. The number of fused-ring (bicyclic) bond motifs is 1. The van der Waals surface area contributed by atoms with Crippen LogP contribution >= 0.6 is 11.6 Å². The molecule has 4 N–H and O–H groups in total. The number of benzene rings is 2. The number of nitrogens with one attached hydrogen (secondary N) is 2. The van der Waals surface area contributed by atoms with E-state index < -0.39 is 5.82 Å². The van der Waals surface area contributed by atoms with Gasteiger partial charge in [0.15, 0.2) is 23.0 Å². The van der Waals surface area contributed by atoms with E-state index in [1.54, 1.807) is 35.1 Å². The molecule has 6 rings (SSSR count). The number of hydrogen-bond acceptors (Lipinski definition) is 8. The van der Waals surface area contributed by atoms with Crippen LogP contribution in [0, 0.1) is 18.7 Å². The molecule has 44 heavy (non-hydrogen) atoms. The molecule has 4 heterocycles. The lowest BCUT2D eigenvalue weighted by molar-refractivity contribution is -0.137. The molecule has 2 fully saturated rings. The lowest BCUT2D eigenvalue weighted by atomic mass is 9.96. The van der Waals surface area contributed by atoms with Gasteiger partial charge in [0.2, 0.25) is 5.91 Å². The van der Waals surface area contributed by atoms with Gasteiger partial charge in [0, 0.05) is 61.3 Å². The Morgan fingerprint density at radius 3 is 2.59 bits per heavy atom. The van der Waals surface area contributed by atoms with Gasteiger partial charge in [-0.1, -0.05) is 11.6 Å². The number of imidazole rings is 1. The molecule has 2 amide bonds. The Kier molecular flexibility index (Phi) is 8.65. The fourth-order valence-electron chi connectivity index (χ4n) is 5.88. The summed E-state index contributed by atoms with van der Waals surface area (Å²) < 4.78 is 21.6. The van der Waals surface area contributed by atoms with Gasteiger partial charge in [-0.2, -0.15) is 0 Å². The van der Waals surface area contributed by atoms with Crippen molar-refractivity contribution in [2.45, 2.75) is 19.8 Å². The number of aryl methyl sites for hydroxylation is 1. The summed E-state index contributed by atoms with van der Waals surface area (Å²) in [5.74, 6) is -0.00191. The van der Waals surface area contributed by atoms with Crippen LogP contribution in [-0.4, -0.2) is 82.0 Å². The molecule has 0 unspecified atom stereocenters. The topological polar surface area (TPSA) is 130 Å². The van der Waals surface area contributed by atoms with Crippen LogP contribution in [0.5, 0.6) is 5.75 Å². The molecule has 0 bridgehead atoms. The molecule has 2 aromatic heterocycles. The summed E-state index contributed by atoms with van der Waals surface area (Å²) in [5.41, 5.74) is 9.05. The Hall–Kier alpha value is -4.26. The number of nitrogens with zero attached hydrogens (tertiary/aromatic N) is 5. The highest BCUT2D eigenvalue weighted by Crippen LogP contribution is 2.36. The summed E-state index contributed by atoms with van der Waals surface area (Å²) in [6.07, 6.45) is 6.66. The van der Waals surface area contributed by atoms with E-state index >= 15 is 0 Å². The zero-order valence-corrected chi connectivity index (χ0v) is 25.1. The second-order valence-electron chi connectivity index (χ2n) is 11.0. The third-order valence-electron chi connectivity index (χ3n) is 8.28. The number of nitrogens with two attached hydrogens (primary N) is 1. The molecular weight excluding hydrogens is 587 g/mol. The Morgan fingerprint density at radius 1 is 1.11 bits per heavy atom. The van der Waals surface area contributed by atoms with Crippen molar-refractivity contribution in [3.63, 3.8) is 0 Å². The van der Waals surface area contributed by atoms with Crippen molar-refractivity contribution < 1.29 is 18.7 Å². The van der Waals surface area contributed by atoms with Crippen LogP contribution in [-0.2, 0) is 4.79 Å². The highest BCUT2D eigenvalue weighted by Gasteiger charge is 2.30. The highest BCUT2D eigenvalue weighted by molar-refractivity contribution is 6.33. The predicted octanol–water partition coefficient (Wildman–Crippen LogP) is 3.82. The number of rotatable bonds is 7. The van der Waals surface area contributed by atoms with Gasteiger partial charge in [-0.05, 0) is 68.8 Å². The number of aromatic nitrogens is 3. The molecule has 13 heteroatoms. The number of carbonyl (C=O) groups excluding carboxylic acids is 2. The molecule has 2 aromatic carbocycles. The molecule has 0 atom stereocenters. The van der Waals surface area contributed by atoms with Gasteiger partial charge < -0.3 is 25.2 Å². The van der Waals surface area contributed by atoms with Crippen LogP contribution in [0.4, 0.5) is 15.9 Å². The SMILES string of the molecule is Cc1cc(Nc2nccn3c(-c4ccc(OCN)c(F)c4Cl)cnc23)ccc1C(=O)N1CCN(C(=O)C2CCNCC2)CC1. The van der Waals surface area contributed by atoms with Gasteiger partial charge in [0.1, 0.15) is 6.73 Å². The van der Waals surface area contributed by atoms with Crippen molar-refractivity contribution in [3.8, 4) is 17.0 Å². The van der Waals surface area contributed by atoms with Crippen molar-refractivity contribution >= 4 is 40.6 Å². The van der Waals surface area contributed by atoms with Crippen LogP contribution < -0.4 is 21.1 Å². The molecule has 11 nitrogen and oxygen atoms in total. The van der Waals surface area contributed by atoms with Gasteiger partial charge in [-0.15, -0.1) is 0 Å². The number of amides is 2. The smallest absolute Gasteiger partial charge is 0.254 e. The number of piperazine rings is 1. The quantitative estimate of drug-likeness (QED) is 0.266. The van der Waals surface area contributed by atoms with Crippen LogP contribution in [0.15, 0.2) is 48.9 Å². The van der Waals surface area contributed by atoms with Crippen LogP contribution in [0.2, 0.25) is 5.02 Å². The number of ether oxygens (including phenoxy) is 1. The summed E-state index contributed by atoms with van der Waals surface area (Å²) in [6.45, 7) is 5.62. The fourth-order valence-corrected chi connectivity index (χ4v) is 6.14. The summed E-state index contributed by atoms with van der Waals surface area (Å²) >= 11 is 6.34. The molecule has 230 valence electrons. The van der Waals surface area contributed by atoms with Crippen molar-refractivity contribution in [1.82, 2.24) is 29.5 Å². The summed E-state index contributed by atoms with van der Waals surface area (Å²) in [5, 5.41) is 6.49. The molecule has 4 aromatic rings. The first kappa shape index (κ1) is 29.8. The van der Waals surface area contributed by atoms with Gasteiger partial charge in [0.25, 0.3) is 5.91 Å². The monoisotopic (exact) mass is 620 g/mol. The molecule has 2 aliphatic heterocycles. The van der Waals surface area contributed by atoms with Gasteiger partial charge >= 0.3 is 0 Å². The van der Waals surface area contributed by atoms with Gasteiger partial charge in [-0.3, -0.25) is 19.7 Å². The first-order valence-corrected chi connectivity index (χ1v) is 15.0. The Bertz CT molecular complexity index is 1700. The first-order valence-electron chi connectivity index (χ1n) is 14.7. The van der Waals surface area contributed by atoms with E-state index in [1.165, 1.54) is 6.07 Å². The van der Waals surface area contributed by atoms with Crippen molar-refractivity contribution in [3.05, 3.63) is 70.9 Å². The van der Waals surface area contributed by atoms with E-state index in [0.29, 0.717) is 54.5 Å². The van der Waals surface area contributed by atoms with Crippen molar-refractivity contribution in [2.75, 3.05) is 51.3 Å². The Morgan fingerprint density at radius 2 is 1.86 bits per heavy atom. The van der Waals surface area contributed by atoms with E-state index in [0.717, 1.165) is 37.2 Å². The second kappa shape index (κ2) is 12.8. The second-order valence-corrected chi connectivity index (χ2v) is 11.3. The lowest BCUT2D eigenvalue weighted by Crippen LogP contribution is -2.52. The molecule has 0 saturated carbocycles. The third-order valence-corrected chi connectivity index (χ3v) is 8.65. The average Bonchev–Trinajstić information content (AvgIpc) is 3.48. The average molecular weight is 621 g/mol. The maximum atomic E-state index is 14.8. The molecule has 0 aliphatic carbocycles. The largest absolute Gasteiger partial charge is 0.475 e. The molecule has 2 saturated heterocycles. The number of hydrogen-bond donors (Lipinski definition) is 3. The predicted molar refractivity (Wildman–Crippen MR) is 166 cm³/mol. The van der Waals surface area contributed by atoms with Crippen molar-refractivity contribution in [1.29, 1.82) is 0 Å². The summed E-state index contributed by atoms with van der Waals surface area (Å²) in [4.78, 5) is 39.0. The molecule has 2 aliphatic rings. The number of halogens is 2. The fraction of sp³-hybridized carbons (Fsp3) is 0.355. The van der Waals surface area contributed by atoms with E-state index in [4.69, 9.17) is 22.1 Å². The van der Waals surface area contributed by atoms with E-state index in [-0.39, 0.29) is 35.2 Å².